The third-order valence-corrected chi connectivity index (χ3v) is 4.21. The van der Waals surface area contributed by atoms with E-state index >= 15 is 0 Å². The standard InChI is InChI=1S/C22H17N/c1-16-8-7-12-19(17-9-3-2-4-10-17)22(16)21-15-14-18-11-5-6-13-20(18)23-21/h2-15H,1H3. The van der Waals surface area contributed by atoms with Crippen molar-refractivity contribution in [2.75, 3.05) is 0 Å². The highest BCUT2D eigenvalue weighted by Gasteiger charge is 2.11. The van der Waals surface area contributed by atoms with E-state index in [-0.39, 0.29) is 0 Å². The molecule has 110 valence electrons. The Labute approximate surface area is 136 Å². The predicted octanol–water partition coefficient (Wildman–Crippen LogP) is 5.88. The number of fused-ring (bicyclic) bond motifs is 1. The average molecular weight is 295 g/mol. The van der Waals surface area contributed by atoms with E-state index in [0.29, 0.717) is 0 Å². The van der Waals surface area contributed by atoms with Gasteiger partial charge in [-0.3, -0.25) is 0 Å². The summed E-state index contributed by atoms with van der Waals surface area (Å²) in [7, 11) is 0. The van der Waals surface area contributed by atoms with Gasteiger partial charge in [0.05, 0.1) is 11.2 Å². The van der Waals surface area contributed by atoms with Gasteiger partial charge in [0.1, 0.15) is 0 Å². The van der Waals surface area contributed by atoms with Gasteiger partial charge in [0.25, 0.3) is 0 Å². The van der Waals surface area contributed by atoms with E-state index in [0.717, 1.165) is 11.2 Å². The van der Waals surface area contributed by atoms with E-state index in [4.69, 9.17) is 4.98 Å². The fourth-order valence-electron chi connectivity index (χ4n) is 3.07. The Morgan fingerprint density at radius 1 is 0.652 bits per heavy atom. The van der Waals surface area contributed by atoms with Gasteiger partial charge in [-0.15, -0.1) is 0 Å². The van der Waals surface area contributed by atoms with Crippen LogP contribution in [0.2, 0.25) is 0 Å². The minimum atomic E-state index is 1.03. The van der Waals surface area contributed by atoms with Gasteiger partial charge in [-0.05, 0) is 35.7 Å². The number of benzene rings is 3. The van der Waals surface area contributed by atoms with E-state index in [2.05, 4.69) is 73.7 Å². The zero-order valence-corrected chi connectivity index (χ0v) is 13.0. The summed E-state index contributed by atoms with van der Waals surface area (Å²) < 4.78 is 0. The summed E-state index contributed by atoms with van der Waals surface area (Å²) in [4.78, 5) is 4.89. The molecule has 1 heterocycles. The van der Waals surface area contributed by atoms with E-state index in [1.54, 1.807) is 0 Å². The predicted molar refractivity (Wildman–Crippen MR) is 97.4 cm³/mol. The van der Waals surface area contributed by atoms with Crippen molar-refractivity contribution in [2.24, 2.45) is 0 Å². The fraction of sp³-hybridized carbons (Fsp3) is 0.0455. The van der Waals surface area contributed by atoms with Crippen molar-refractivity contribution in [1.29, 1.82) is 0 Å². The summed E-state index contributed by atoms with van der Waals surface area (Å²) in [5.41, 5.74) is 6.97. The molecule has 0 N–H and O–H groups in total. The largest absolute Gasteiger partial charge is 0.248 e. The summed E-state index contributed by atoms with van der Waals surface area (Å²) in [5, 5.41) is 1.17. The fourth-order valence-corrected chi connectivity index (χ4v) is 3.07. The van der Waals surface area contributed by atoms with Gasteiger partial charge >= 0.3 is 0 Å². The molecule has 3 aromatic carbocycles. The van der Waals surface area contributed by atoms with Gasteiger partial charge in [0, 0.05) is 10.9 Å². The molecule has 0 unspecified atom stereocenters. The molecule has 0 spiro atoms. The first-order valence-electron chi connectivity index (χ1n) is 7.84. The van der Waals surface area contributed by atoms with Crippen molar-refractivity contribution in [2.45, 2.75) is 6.92 Å². The number of hydrogen-bond donors (Lipinski definition) is 0. The minimum absolute atomic E-state index is 1.03. The Balaban J connectivity index is 1.97. The SMILES string of the molecule is Cc1cccc(-c2ccccc2)c1-c1ccc2ccccc2n1. The number of nitrogens with zero attached hydrogens (tertiary/aromatic N) is 1. The summed E-state index contributed by atoms with van der Waals surface area (Å²) in [6.45, 7) is 2.15. The zero-order chi connectivity index (χ0) is 15.6. The van der Waals surface area contributed by atoms with Gasteiger partial charge in [-0.2, -0.15) is 0 Å². The molecule has 4 rings (SSSR count). The van der Waals surface area contributed by atoms with Crippen molar-refractivity contribution in [3.8, 4) is 22.4 Å². The molecule has 0 saturated carbocycles. The van der Waals surface area contributed by atoms with Crippen LogP contribution >= 0.6 is 0 Å². The second-order valence-corrected chi connectivity index (χ2v) is 5.75. The lowest BCUT2D eigenvalue weighted by atomic mass is 9.93. The van der Waals surface area contributed by atoms with Crippen molar-refractivity contribution in [1.82, 2.24) is 4.98 Å². The zero-order valence-electron chi connectivity index (χ0n) is 13.0. The molecule has 0 aliphatic rings. The maximum atomic E-state index is 4.89. The molecule has 0 bridgehead atoms. The number of aryl methyl sites for hydroxylation is 1. The first-order valence-corrected chi connectivity index (χ1v) is 7.84. The van der Waals surface area contributed by atoms with Crippen LogP contribution in [0.5, 0.6) is 0 Å². The minimum Gasteiger partial charge on any atom is -0.248 e. The molecule has 1 nitrogen and oxygen atoms in total. The highest BCUT2D eigenvalue weighted by Crippen LogP contribution is 2.34. The van der Waals surface area contributed by atoms with Gasteiger partial charge in [-0.25, -0.2) is 4.98 Å². The van der Waals surface area contributed by atoms with Crippen LogP contribution < -0.4 is 0 Å². The van der Waals surface area contributed by atoms with Crippen LogP contribution in [-0.2, 0) is 0 Å². The van der Waals surface area contributed by atoms with Crippen molar-refractivity contribution >= 4 is 10.9 Å². The quantitative estimate of drug-likeness (QED) is 0.450. The molecule has 0 aliphatic heterocycles. The molecule has 1 heteroatoms. The Bertz CT molecular complexity index is 971. The Morgan fingerprint density at radius 2 is 1.43 bits per heavy atom. The lowest BCUT2D eigenvalue weighted by Crippen LogP contribution is -1.92. The van der Waals surface area contributed by atoms with Crippen LogP contribution in [0.4, 0.5) is 0 Å². The average Bonchev–Trinajstić information content (AvgIpc) is 2.62. The molecular formula is C22H17N. The molecule has 0 saturated heterocycles. The molecule has 0 radical (unpaired) electrons. The highest BCUT2D eigenvalue weighted by molar-refractivity contribution is 5.88. The monoisotopic (exact) mass is 295 g/mol. The van der Waals surface area contributed by atoms with Crippen LogP contribution in [0.25, 0.3) is 33.3 Å². The number of hydrogen-bond acceptors (Lipinski definition) is 1. The third-order valence-electron chi connectivity index (χ3n) is 4.21. The van der Waals surface area contributed by atoms with Crippen molar-refractivity contribution in [3.63, 3.8) is 0 Å². The first-order chi connectivity index (χ1) is 11.3. The molecule has 1 aromatic heterocycles. The maximum absolute atomic E-state index is 4.89. The van der Waals surface area contributed by atoms with Gasteiger partial charge in [-0.1, -0.05) is 72.8 Å². The van der Waals surface area contributed by atoms with Crippen LogP contribution in [-0.4, -0.2) is 4.98 Å². The number of rotatable bonds is 2. The second kappa shape index (κ2) is 5.69. The molecule has 0 fully saturated rings. The van der Waals surface area contributed by atoms with Crippen LogP contribution in [0.1, 0.15) is 5.56 Å². The summed E-state index contributed by atoms with van der Waals surface area (Å²) in [5.74, 6) is 0. The molecule has 0 aliphatic carbocycles. The smallest absolute Gasteiger partial charge is 0.0718 e. The third kappa shape index (κ3) is 2.51. The number of aromatic nitrogens is 1. The summed E-state index contributed by atoms with van der Waals surface area (Å²) in [6, 6.07) is 29.5. The van der Waals surface area contributed by atoms with E-state index in [9.17, 15) is 0 Å². The number of para-hydroxylation sites is 1. The van der Waals surface area contributed by atoms with E-state index in [1.165, 1.54) is 27.6 Å². The first kappa shape index (κ1) is 13.7. The van der Waals surface area contributed by atoms with E-state index < -0.39 is 0 Å². The van der Waals surface area contributed by atoms with Crippen LogP contribution in [0.15, 0.2) is 84.9 Å². The highest BCUT2D eigenvalue weighted by atomic mass is 14.7. The van der Waals surface area contributed by atoms with Crippen molar-refractivity contribution in [3.05, 3.63) is 90.5 Å². The Hall–Kier alpha value is -2.93. The van der Waals surface area contributed by atoms with Gasteiger partial charge in [0.2, 0.25) is 0 Å². The van der Waals surface area contributed by atoms with Gasteiger partial charge < -0.3 is 0 Å². The van der Waals surface area contributed by atoms with E-state index in [1.807, 2.05) is 18.2 Å². The number of pyridine rings is 1. The molecule has 4 aromatic rings. The molecule has 0 atom stereocenters. The molecule has 0 amide bonds. The topological polar surface area (TPSA) is 12.9 Å². The van der Waals surface area contributed by atoms with Gasteiger partial charge in [0.15, 0.2) is 0 Å². The normalized spacial score (nSPS) is 10.8. The Morgan fingerprint density at radius 3 is 2.30 bits per heavy atom. The second-order valence-electron chi connectivity index (χ2n) is 5.75. The maximum Gasteiger partial charge on any atom is 0.0718 e. The van der Waals surface area contributed by atoms with Crippen LogP contribution in [0, 0.1) is 6.92 Å². The molecular weight excluding hydrogens is 278 g/mol. The summed E-state index contributed by atoms with van der Waals surface area (Å²) >= 11 is 0. The molecule has 23 heavy (non-hydrogen) atoms. The lowest BCUT2D eigenvalue weighted by Gasteiger charge is -2.13. The van der Waals surface area contributed by atoms with Crippen LogP contribution in [0.3, 0.4) is 0 Å². The summed E-state index contributed by atoms with van der Waals surface area (Å²) in [6.07, 6.45) is 0. The Kier molecular flexibility index (Phi) is 3.39. The van der Waals surface area contributed by atoms with Crippen molar-refractivity contribution < 1.29 is 0 Å². The lowest BCUT2D eigenvalue weighted by molar-refractivity contribution is 1.36.